The van der Waals surface area contributed by atoms with Crippen LogP contribution in [0.1, 0.15) is 34.0 Å². The van der Waals surface area contributed by atoms with E-state index in [4.69, 9.17) is 0 Å². The second-order valence-corrected chi connectivity index (χ2v) is 7.57. The number of phenols is 1. The Hall–Kier alpha value is -2.44. The fraction of sp³-hybridized carbons (Fsp3) is 0.136. The molecule has 3 rings (SSSR count). The molecule has 2 nitrogen and oxygen atoms in total. The summed E-state index contributed by atoms with van der Waals surface area (Å²) >= 11 is 0. The third-order valence-electron chi connectivity index (χ3n) is 4.14. The molecule has 1 atom stereocenters. The predicted molar refractivity (Wildman–Crippen MR) is 106 cm³/mol. The Morgan fingerprint density at radius 1 is 0.920 bits per heavy atom. The summed E-state index contributed by atoms with van der Waals surface area (Å²) in [5.41, 5.74) is 4.21. The Morgan fingerprint density at radius 3 is 2.40 bits per heavy atom. The number of carbonyl (C=O) groups excluding carboxylic acids is 1. The summed E-state index contributed by atoms with van der Waals surface area (Å²) in [6, 6.07) is 22.0. The third-order valence-corrected chi connectivity index (χ3v) is 5.51. The van der Waals surface area contributed by atoms with Gasteiger partial charge in [0.2, 0.25) is 0 Å². The summed E-state index contributed by atoms with van der Waals surface area (Å²) in [5, 5.41) is 12.1. The number of aryl methyl sites for hydroxylation is 1. The van der Waals surface area contributed by atoms with Crippen molar-refractivity contribution in [3.05, 3.63) is 89.0 Å². The Balaban J connectivity index is 1.90. The highest BCUT2D eigenvalue weighted by Gasteiger charge is 2.11. The van der Waals surface area contributed by atoms with Gasteiger partial charge in [-0.1, -0.05) is 62.7 Å². The maximum Gasteiger partial charge on any atom is 0.160 e. The van der Waals surface area contributed by atoms with Crippen LogP contribution in [0.15, 0.2) is 66.7 Å². The van der Waals surface area contributed by atoms with Gasteiger partial charge in [-0.3, -0.25) is 4.79 Å². The van der Waals surface area contributed by atoms with Crippen molar-refractivity contribution >= 4 is 25.0 Å². The molecule has 0 aromatic heterocycles. The molecule has 1 unspecified atom stereocenters. The van der Waals surface area contributed by atoms with Crippen LogP contribution in [0.2, 0.25) is 0 Å². The van der Waals surface area contributed by atoms with Crippen LogP contribution in [-0.4, -0.2) is 10.9 Å². The van der Waals surface area contributed by atoms with Gasteiger partial charge in [0.05, 0.1) is 0 Å². The lowest BCUT2D eigenvalue weighted by molar-refractivity contribution is 0.101. The molecule has 0 fully saturated rings. The van der Waals surface area contributed by atoms with E-state index in [9.17, 15) is 9.90 Å². The van der Waals surface area contributed by atoms with E-state index in [1.807, 2.05) is 55.5 Å². The van der Waals surface area contributed by atoms with Crippen molar-refractivity contribution in [1.29, 1.82) is 0 Å². The largest absolute Gasteiger partial charge is 0.507 e. The van der Waals surface area contributed by atoms with Crippen molar-refractivity contribution in [2.45, 2.75) is 20.3 Å². The number of hydrogen-bond acceptors (Lipinski definition) is 2. The number of phenolic OH excluding ortho intramolecular Hbond substituents is 1. The fourth-order valence-corrected chi connectivity index (χ4v) is 4.14. The van der Waals surface area contributed by atoms with Gasteiger partial charge >= 0.3 is 0 Å². The van der Waals surface area contributed by atoms with Crippen LogP contribution in [0.5, 0.6) is 5.75 Å². The van der Waals surface area contributed by atoms with Crippen molar-refractivity contribution in [2.75, 3.05) is 0 Å². The average molecular weight is 348 g/mol. The van der Waals surface area contributed by atoms with E-state index in [0.29, 0.717) is 0 Å². The molecule has 0 aliphatic heterocycles. The average Bonchev–Trinajstić information content (AvgIpc) is 2.60. The molecule has 3 aromatic carbocycles. The lowest BCUT2D eigenvalue weighted by Crippen LogP contribution is -2.13. The standard InChI is InChI=1S/C22H21O2P/c1-15-8-11-21(19(12-15)16(2)23)25-22-14-18(9-10-20(22)24)13-17-6-4-3-5-7-17/h3-12,14,24-25H,13H2,1-2H3. The number of ketones is 1. The molecular formula is C22H21O2P. The minimum atomic E-state index is 0.0612. The van der Waals surface area contributed by atoms with Crippen LogP contribution in [-0.2, 0) is 6.42 Å². The first kappa shape index (κ1) is 17.4. The number of carbonyl (C=O) groups is 1. The molecule has 3 aromatic rings. The number of hydrogen-bond donors (Lipinski definition) is 1. The molecule has 25 heavy (non-hydrogen) atoms. The van der Waals surface area contributed by atoms with Crippen molar-refractivity contribution in [1.82, 2.24) is 0 Å². The normalized spacial score (nSPS) is 11.1. The summed E-state index contributed by atoms with van der Waals surface area (Å²) < 4.78 is 0. The molecule has 0 aliphatic carbocycles. The van der Waals surface area contributed by atoms with E-state index in [2.05, 4.69) is 12.1 Å². The molecule has 0 saturated heterocycles. The zero-order valence-corrected chi connectivity index (χ0v) is 15.4. The van der Waals surface area contributed by atoms with Crippen molar-refractivity contribution in [3.63, 3.8) is 0 Å². The fourth-order valence-electron chi connectivity index (χ4n) is 2.83. The third kappa shape index (κ3) is 4.35. The Morgan fingerprint density at radius 2 is 1.68 bits per heavy atom. The zero-order chi connectivity index (χ0) is 17.8. The lowest BCUT2D eigenvalue weighted by Gasteiger charge is -2.11. The molecule has 3 heteroatoms. The Bertz CT molecular complexity index is 901. The van der Waals surface area contributed by atoms with Gasteiger partial charge in [0.25, 0.3) is 0 Å². The highest BCUT2D eigenvalue weighted by Crippen LogP contribution is 2.23. The van der Waals surface area contributed by atoms with Gasteiger partial charge in [0.1, 0.15) is 5.75 Å². The molecule has 0 heterocycles. The van der Waals surface area contributed by atoms with Crippen LogP contribution < -0.4 is 10.6 Å². The van der Waals surface area contributed by atoms with Crippen LogP contribution in [0.25, 0.3) is 0 Å². The summed E-state index contributed by atoms with van der Waals surface area (Å²) in [7, 11) is 0.250. The number of benzene rings is 3. The van der Waals surface area contributed by atoms with Gasteiger partial charge in [-0.05, 0) is 54.9 Å². The molecule has 0 spiro atoms. The molecule has 0 amide bonds. The van der Waals surface area contributed by atoms with E-state index in [1.54, 1.807) is 13.0 Å². The molecule has 0 saturated carbocycles. The number of Topliss-reactive ketones (excluding diaryl/α,β-unsaturated/α-hetero) is 1. The van der Waals surface area contributed by atoms with E-state index < -0.39 is 0 Å². The maximum absolute atomic E-state index is 11.9. The molecular weight excluding hydrogens is 327 g/mol. The van der Waals surface area contributed by atoms with E-state index in [-0.39, 0.29) is 20.1 Å². The van der Waals surface area contributed by atoms with Crippen LogP contribution in [0, 0.1) is 6.92 Å². The van der Waals surface area contributed by atoms with Crippen molar-refractivity contribution < 1.29 is 9.90 Å². The topological polar surface area (TPSA) is 37.3 Å². The molecule has 0 bridgehead atoms. The Labute approximate surface area is 150 Å². The quantitative estimate of drug-likeness (QED) is 0.556. The number of rotatable bonds is 5. The lowest BCUT2D eigenvalue weighted by atomic mass is 10.1. The van der Waals surface area contributed by atoms with E-state index in [0.717, 1.165) is 33.7 Å². The first-order chi connectivity index (χ1) is 12.0. The van der Waals surface area contributed by atoms with Gasteiger partial charge in [-0.15, -0.1) is 0 Å². The number of aromatic hydroxyl groups is 1. The van der Waals surface area contributed by atoms with Gasteiger partial charge in [0.15, 0.2) is 5.78 Å². The first-order valence-electron chi connectivity index (χ1n) is 8.27. The van der Waals surface area contributed by atoms with Crippen LogP contribution in [0.3, 0.4) is 0 Å². The zero-order valence-electron chi connectivity index (χ0n) is 14.4. The van der Waals surface area contributed by atoms with Crippen LogP contribution >= 0.6 is 8.58 Å². The molecule has 0 aliphatic rings. The minimum Gasteiger partial charge on any atom is -0.507 e. The van der Waals surface area contributed by atoms with Gasteiger partial charge in [0, 0.05) is 10.9 Å². The Kier molecular flexibility index (Phi) is 5.31. The molecule has 1 N–H and O–H groups in total. The SMILES string of the molecule is CC(=O)c1cc(C)ccc1Pc1cc(Cc2ccccc2)ccc1O. The summed E-state index contributed by atoms with van der Waals surface area (Å²) in [4.78, 5) is 11.9. The molecule has 126 valence electrons. The second-order valence-electron chi connectivity index (χ2n) is 6.24. The first-order valence-corrected chi connectivity index (χ1v) is 9.27. The minimum absolute atomic E-state index is 0.0612. The molecule has 0 radical (unpaired) electrons. The van der Waals surface area contributed by atoms with Crippen molar-refractivity contribution in [2.24, 2.45) is 0 Å². The summed E-state index contributed by atoms with van der Waals surface area (Å²) in [6.45, 7) is 3.58. The predicted octanol–water partition coefficient (Wildman–Crippen LogP) is 4.12. The maximum atomic E-state index is 11.9. The highest BCUT2D eigenvalue weighted by atomic mass is 31.1. The van der Waals surface area contributed by atoms with Gasteiger partial charge in [-0.25, -0.2) is 0 Å². The highest BCUT2D eigenvalue weighted by molar-refractivity contribution is 7.56. The monoisotopic (exact) mass is 348 g/mol. The second kappa shape index (κ2) is 7.63. The summed E-state index contributed by atoms with van der Waals surface area (Å²) in [5.74, 6) is 0.344. The smallest absolute Gasteiger partial charge is 0.160 e. The van der Waals surface area contributed by atoms with Gasteiger partial charge < -0.3 is 5.11 Å². The van der Waals surface area contributed by atoms with Gasteiger partial charge in [-0.2, -0.15) is 0 Å². The summed E-state index contributed by atoms with van der Waals surface area (Å²) in [6.07, 6.45) is 0.825. The van der Waals surface area contributed by atoms with E-state index in [1.165, 1.54) is 5.56 Å². The van der Waals surface area contributed by atoms with Crippen LogP contribution in [0.4, 0.5) is 0 Å². The van der Waals surface area contributed by atoms with Crippen molar-refractivity contribution in [3.8, 4) is 5.75 Å². The van der Waals surface area contributed by atoms with E-state index >= 15 is 0 Å².